The number of para-hydroxylation sites is 2. The third-order valence-electron chi connectivity index (χ3n) is 4.69. The van der Waals surface area contributed by atoms with E-state index >= 15 is 0 Å². The zero-order valence-electron chi connectivity index (χ0n) is 17.1. The number of nitrogens with zero attached hydrogens (tertiary/aromatic N) is 1. The Morgan fingerprint density at radius 1 is 1.17 bits per heavy atom. The van der Waals surface area contributed by atoms with E-state index in [-0.39, 0.29) is 11.9 Å². The molecule has 1 heterocycles. The number of amides is 1. The molecule has 0 bridgehead atoms. The number of benzene rings is 2. The molecule has 0 saturated heterocycles. The summed E-state index contributed by atoms with van der Waals surface area (Å²) < 4.78 is 5.63. The zero-order chi connectivity index (χ0) is 21.0. The standard InChI is InChI=1S/C22H26N4O2S/c1-5-28-18-9-7-6-8-17(18)24-21(27)19-14(2)23-22(29)25-20(19)15-10-12-16(13-11-15)26(3)4/h6-13,20H,5H2,1-4H3,(H,24,27)(H2,23,25,29)/t20-/m1/s1. The molecule has 1 atom stereocenters. The van der Waals surface area contributed by atoms with Crippen LogP contribution < -0.4 is 25.6 Å². The molecule has 1 aliphatic rings. The maximum Gasteiger partial charge on any atom is 0.255 e. The van der Waals surface area contributed by atoms with Crippen molar-refractivity contribution in [3.8, 4) is 5.75 Å². The average molecular weight is 411 g/mol. The van der Waals surface area contributed by atoms with Gasteiger partial charge in [0, 0.05) is 25.5 Å². The van der Waals surface area contributed by atoms with Gasteiger partial charge in [0.1, 0.15) is 5.75 Å². The lowest BCUT2D eigenvalue weighted by molar-refractivity contribution is -0.113. The summed E-state index contributed by atoms with van der Waals surface area (Å²) in [4.78, 5) is 15.3. The molecule has 1 amide bonds. The fourth-order valence-electron chi connectivity index (χ4n) is 3.25. The van der Waals surface area contributed by atoms with Crippen LogP contribution in [0.2, 0.25) is 0 Å². The van der Waals surface area contributed by atoms with Crippen molar-refractivity contribution in [2.45, 2.75) is 19.9 Å². The number of nitrogens with one attached hydrogen (secondary N) is 3. The third kappa shape index (κ3) is 4.68. The Kier molecular flexibility index (Phi) is 6.39. The third-order valence-corrected chi connectivity index (χ3v) is 4.91. The van der Waals surface area contributed by atoms with Crippen LogP contribution in [0.25, 0.3) is 0 Å². The fourth-order valence-corrected chi connectivity index (χ4v) is 3.52. The molecular weight excluding hydrogens is 384 g/mol. The van der Waals surface area contributed by atoms with Crippen molar-refractivity contribution in [3.05, 3.63) is 65.4 Å². The largest absolute Gasteiger partial charge is 0.492 e. The maximum absolute atomic E-state index is 13.2. The van der Waals surface area contributed by atoms with Crippen LogP contribution in [0.5, 0.6) is 5.75 Å². The van der Waals surface area contributed by atoms with E-state index in [4.69, 9.17) is 17.0 Å². The Morgan fingerprint density at radius 2 is 1.86 bits per heavy atom. The van der Waals surface area contributed by atoms with E-state index in [0.29, 0.717) is 28.7 Å². The normalized spacial score (nSPS) is 16.0. The SMILES string of the molecule is CCOc1ccccc1NC(=O)C1=C(C)NC(=S)N[C@@H]1c1ccc(N(C)C)cc1. The first-order valence-corrected chi connectivity index (χ1v) is 9.90. The second kappa shape index (κ2) is 8.96. The number of rotatable bonds is 6. The van der Waals surface area contributed by atoms with Crippen LogP contribution in [0.15, 0.2) is 59.8 Å². The Hall–Kier alpha value is -3.06. The predicted octanol–water partition coefficient (Wildman–Crippen LogP) is 3.58. The molecule has 29 heavy (non-hydrogen) atoms. The Balaban J connectivity index is 1.92. The second-order valence-corrected chi connectivity index (χ2v) is 7.35. The van der Waals surface area contributed by atoms with Gasteiger partial charge in [-0.1, -0.05) is 24.3 Å². The highest BCUT2D eigenvalue weighted by Gasteiger charge is 2.30. The molecule has 7 heteroatoms. The molecule has 0 spiro atoms. The summed E-state index contributed by atoms with van der Waals surface area (Å²) in [5, 5.41) is 9.77. The van der Waals surface area contributed by atoms with Crippen LogP contribution in [-0.4, -0.2) is 31.7 Å². The van der Waals surface area contributed by atoms with Crippen LogP contribution in [0.1, 0.15) is 25.5 Å². The van der Waals surface area contributed by atoms with Gasteiger partial charge in [-0.3, -0.25) is 4.79 Å². The predicted molar refractivity (Wildman–Crippen MR) is 121 cm³/mol. The molecule has 0 aromatic heterocycles. The molecule has 3 rings (SSSR count). The molecule has 0 fully saturated rings. The first kappa shape index (κ1) is 20.7. The van der Waals surface area contributed by atoms with Gasteiger partial charge in [-0.2, -0.15) is 0 Å². The molecule has 2 aromatic rings. The minimum atomic E-state index is -0.348. The van der Waals surface area contributed by atoms with E-state index in [1.54, 1.807) is 0 Å². The van der Waals surface area contributed by atoms with Crippen molar-refractivity contribution in [1.29, 1.82) is 0 Å². The van der Waals surface area contributed by atoms with Gasteiger partial charge in [0.05, 0.1) is 23.9 Å². The Morgan fingerprint density at radius 3 is 2.52 bits per heavy atom. The van der Waals surface area contributed by atoms with Gasteiger partial charge < -0.3 is 25.6 Å². The summed E-state index contributed by atoms with van der Waals surface area (Å²) in [6, 6.07) is 15.1. The lowest BCUT2D eigenvalue weighted by Crippen LogP contribution is -2.45. The fraction of sp³-hybridized carbons (Fsp3) is 0.273. The second-order valence-electron chi connectivity index (χ2n) is 6.94. The van der Waals surface area contributed by atoms with E-state index in [9.17, 15) is 4.79 Å². The molecule has 0 saturated carbocycles. The lowest BCUT2D eigenvalue weighted by Gasteiger charge is -2.30. The Labute approximate surface area is 176 Å². The smallest absolute Gasteiger partial charge is 0.255 e. The number of thiocarbonyl (C=S) groups is 1. The van der Waals surface area contributed by atoms with Crippen molar-refractivity contribution < 1.29 is 9.53 Å². The van der Waals surface area contributed by atoms with Gasteiger partial charge in [-0.15, -0.1) is 0 Å². The summed E-state index contributed by atoms with van der Waals surface area (Å²) >= 11 is 5.34. The van der Waals surface area contributed by atoms with Crippen LogP contribution in [0.4, 0.5) is 11.4 Å². The molecule has 0 unspecified atom stereocenters. The molecule has 1 aliphatic heterocycles. The number of allylic oxidation sites excluding steroid dienone is 1. The van der Waals surface area contributed by atoms with Crippen LogP contribution >= 0.6 is 12.2 Å². The molecule has 0 radical (unpaired) electrons. The minimum Gasteiger partial charge on any atom is -0.492 e. The Bertz CT molecular complexity index is 938. The van der Waals surface area contributed by atoms with Crippen molar-refractivity contribution in [2.24, 2.45) is 0 Å². The molecule has 2 aromatic carbocycles. The molecule has 3 N–H and O–H groups in total. The summed E-state index contributed by atoms with van der Waals surface area (Å²) in [6.45, 7) is 4.29. The average Bonchev–Trinajstić information content (AvgIpc) is 2.69. The molecule has 6 nitrogen and oxygen atoms in total. The monoisotopic (exact) mass is 410 g/mol. The minimum absolute atomic E-state index is 0.209. The van der Waals surface area contributed by atoms with Crippen molar-refractivity contribution in [2.75, 3.05) is 30.9 Å². The van der Waals surface area contributed by atoms with E-state index in [1.807, 2.05) is 81.4 Å². The van der Waals surface area contributed by atoms with Crippen molar-refractivity contribution in [3.63, 3.8) is 0 Å². The van der Waals surface area contributed by atoms with E-state index in [2.05, 4.69) is 16.0 Å². The maximum atomic E-state index is 13.2. The lowest BCUT2D eigenvalue weighted by atomic mass is 9.94. The topological polar surface area (TPSA) is 65.6 Å². The number of hydrogen-bond donors (Lipinski definition) is 3. The number of ether oxygens (including phenoxy) is 1. The highest BCUT2D eigenvalue weighted by molar-refractivity contribution is 7.80. The van der Waals surface area contributed by atoms with E-state index in [1.165, 1.54) is 0 Å². The quantitative estimate of drug-likeness (QED) is 0.633. The van der Waals surface area contributed by atoms with Gasteiger partial charge in [0.25, 0.3) is 5.91 Å². The van der Waals surface area contributed by atoms with Gasteiger partial charge in [-0.25, -0.2) is 0 Å². The van der Waals surface area contributed by atoms with Gasteiger partial charge in [0.2, 0.25) is 0 Å². The van der Waals surface area contributed by atoms with Crippen LogP contribution in [-0.2, 0) is 4.79 Å². The number of carbonyl (C=O) groups excluding carboxylic acids is 1. The van der Waals surface area contributed by atoms with Gasteiger partial charge in [0.15, 0.2) is 5.11 Å². The summed E-state index contributed by atoms with van der Waals surface area (Å²) in [7, 11) is 3.98. The summed E-state index contributed by atoms with van der Waals surface area (Å²) in [6.07, 6.45) is 0. The summed E-state index contributed by atoms with van der Waals surface area (Å²) in [5.41, 5.74) is 3.99. The molecule has 0 aliphatic carbocycles. The van der Waals surface area contributed by atoms with Gasteiger partial charge in [-0.05, 0) is 55.9 Å². The molecular formula is C22H26N4O2S. The van der Waals surface area contributed by atoms with Gasteiger partial charge >= 0.3 is 0 Å². The van der Waals surface area contributed by atoms with Crippen LogP contribution in [0, 0.1) is 0 Å². The number of carbonyl (C=O) groups is 1. The van der Waals surface area contributed by atoms with Crippen molar-refractivity contribution >= 4 is 34.6 Å². The summed E-state index contributed by atoms with van der Waals surface area (Å²) in [5.74, 6) is 0.430. The highest BCUT2D eigenvalue weighted by Crippen LogP contribution is 2.30. The van der Waals surface area contributed by atoms with E-state index < -0.39 is 0 Å². The van der Waals surface area contributed by atoms with Crippen LogP contribution in [0.3, 0.4) is 0 Å². The first-order valence-electron chi connectivity index (χ1n) is 9.49. The van der Waals surface area contributed by atoms with Crippen molar-refractivity contribution in [1.82, 2.24) is 10.6 Å². The number of anilines is 2. The number of hydrogen-bond acceptors (Lipinski definition) is 4. The van der Waals surface area contributed by atoms with E-state index in [0.717, 1.165) is 16.9 Å². The highest BCUT2D eigenvalue weighted by atomic mass is 32.1. The zero-order valence-corrected chi connectivity index (χ0v) is 17.9. The first-order chi connectivity index (χ1) is 13.9. The molecule has 152 valence electrons.